The Bertz CT molecular complexity index is 561. The second-order valence-electron chi connectivity index (χ2n) is 5.38. The van der Waals surface area contributed by atoms with Crippen molar-refractivity contribution in [1.29, 1.82) is 0 Å². The molecule has 0 aromatic carbocycles. The highest BCUT2D eigenvalue weighted by molar-refractivity contribution is 9.10. The summed E-state index contributed by atoms with van der Waals surface area (Å²) < 4.78 is 2.86. The Hall–Kier alpha value is -1.10. The predicted octanol–water partition coefficient (Wildman–Crippen LogP) is 2.73. The maximum Gasteiger partial charge on any atom is 0.180 e. The van der Waals surface area contributed by atoms with Gasteiger partial charge in [-0.05, 0) is 27.8 Å². The summed E-state index contributed by atoms with van der Waals surface area (Å²) in [5.41, 5.74) is 1.30. The highest BCUT2D eigenvalue weighted by Gasteiger charge is 2.31. The molecule has 1 aliphatic rings. The topological polar surface area (TPSA) is 33.4 Å². The molecule has 0 bridgehead atoms. The number of hydrogen-bond acceptors (Lipinski definition) is 3. The molecule has 1 fully saturated rings. The summed E-state index contributed by atoms with van der Waals surface area (Å²) in [6, 6.07) is 0. The standard InChI is InChI=1S/C12H15BrN4/c1-12(2)3-5-17(8-12)11-10-14-4-6-16(10)7-9(13)15-11/h4,6-7H,3,5,8H2,1-2H3. The lowest BCUT2D eigenvalue weighted by Gasteiger charge is -2.21. The number of nitrogens with zero attached hydrogens (tertiary/aromatic N) is 4. The Morgan fingerprint density at radius 3 is 2.94 bits per heavy atom. The first-order valence-electron chi connectivity index (χ1n) is 5.79. The van der Waals surface area contributed by atoms with Crippen molar-refractivity contribution in [3.05, 3.63) is 23.2 Å². The van der Waals surface area contributed by atoms with E-state index in [0.29, 0.717) is 5.41 Å². The van der Waals surface area contributed by atoms with Gasteiger partial charge in [0.05, 0.1) is 0 Å². The second kappa shape index (κ2) is 3.70. The normalized spacial score (nSPS) is 19.1. The SMILES string of the molecule is CC1(C)CCN(c2nc(Br)cn3ccnc23)C1. The van der Waals surface area contributed by atoms with E-state index < -0.39 is 0 Å². The van der Waals surface area contributed by atoms with Gasteiger partial charge < -0.3 is 9.30 Å². The number of fused-ring (bicyclic) bond motifs is 1. The summed E-state index contributed by atoms with van der Waals surface area (Å²) in [6.07, 6.45) is 6.90. The first-order valence-corrected chi connectivity index (χ1v) is 6.59. The Morgan fingerprint density at radius 1 is 1.41 bits per heavy atom. The third-order valence-electron chi connectivity index (χ3n) is 3.30. The van der Waals surface area contributed by atoms with Crippen LogP contribution in [0.25, 0.3) is 5.65 Å². The molecule has 2 aromatic heterocycles. The van der Waals surface area contributed by atoms with Gasteiger partial charge in [0.1, 0.15) is 4.60 Å². The summed E-state index contributed by atoms with van der Waals surface area (Å²) >= 11 is 3.46. The van der Waals surface area contributed by atoms with Crippen LogP contribution < -0.4 is 4.90 Å². The summed E-state index contributed by atoms with van der Waals surface area (Å²) in [5.74, 6) is 0.981. The van der Waals surface area contributed by atoms with Crippen molar-refractivity contribution in [1.82, 2.24) is 14.4 Å². The smallest absolute Gasteiger partial charge is 0.180 e. The number of anilines is 1. The first kappa shape index (κ1) is 11.0. The maximum absolute atomic E-state index is 4.58. The summed E-state index contributed by atoms with van der Waals surface area (Å²) in [4.78, 5) is 11.3. The summed E-state index contributed by atoms with van der Waals surface area (Å²) in [5, 5.41) is 0. The van der Waals surface area contributed by atoms with Gasteiger partial charge in [0.2, 0.25) is 0 Å². The minimum Gasteiger partial charge on any atom is -0.353 e. The van der Waals surface area contributed by atoms with Gasteiger partial charge in [0.15, 0.2) is 11.5 Å². The van der Waals surface area contributed by atoms with Crippen molar-refractivity contribution < 1.29 is 0 Å². The molecule has 0 spiro atoms. The lowest BCUT2D eigenvalue weighted by molar-refractivity contribution is 0.418. The molecule has 0 amide bonds. The molecule has 3 rings (SSSR count). The molecule has 0 aliphatic carbocycles. The van der Waals surface area contributed by atoms with Crippen LogP contribution in [0.1, 0.15) is 20.3 Å². The van der Waals surface area contributed by atoms with Gasteiger partial charge in [-0.15, -0.1) is 0 Å². The van der Waals surface area contributed by atoms with Crippen LogP contribution >= 0.6 is 15.9 Å². The Kier molecular flexibility index (Phi) is 2.40. The highest BCUT2D eigenvalue weighted by atomic mass is 79.9. The molecule has 1 aliphatic heterocycles. The van der Waals surface area contributed by atoms with Crippen molar-refractivity contribution in [3.63, 3.8) is 0 Å². The molecular formula is C12H15BrN4. The number of halogens is 1. The monoisotopic (exact) mass is 294 g/mol. The predicted molar refractivity (Wildman–Crippen MR) is 71.3 cm³/mol. The summed E-state index contributed by atoms with van der Waals surface area (Å²) in [7, 11) is 0. The van der Waals surface area contributed by atoms with Crippen LogP contribution in [0.15, 0.2) is 23.2 Å². The second-order valence-corrected chi connectivity index (χ2v) is 6.19. The van der Waals surface area contributed by atoms with Crippen LogP contribution in [0, 0.1) is 5.41 Å². The van der Waals surface area contributed by atoms with Crippen LogP contribution in [-0.4, -0.2) is 27.5 Å². The zero-order valence-corrected chi connectivity index (χ0v) is 11.6. The van der Waals surface area contributed by atoms with Crippen LogP contribution in [0.5, 0.6) is 0 Å². The molecular weight excluding hydrogens is 280 g/mol. The molecule has 0 saturated carbocycles. The average Bonchev–Trinajstić information content (AvgIpc) is 2.82. The van der Waals surface area contributed by atoms with Crippen molar-refractivity contribution in [2.75, 3.05) is 18.0 Å². The number of hydrogen-bond donors (Lipinski definition) is 0. The fraction of sp³-hybridized carbons (Fsp3) is 0.500. The number of rotatable bonds is 1. The van der Waals surface area contributed by atoms with Crippen LogP contribution in [0.4, 0.5) is 5.82 Å². The van der Waals surface area contributed by atoms with E-state index in [9.17, 15) is 0 Å². The molecule has 3 heterocycles. The van der Waals surface area contributed by atoms with E-state index in [1.807, 2.05) is 23.0 Å². The van der Waals surface area contributed by atoms with E-state index in [4.69, 9.17) is 0 Å². The van der Waals surface area contributed by atoms with E-state index >= 15 is 0 Å². The lowest BCUT2D eigenvalue weighted by atomic mass is 9.93. The van der Waals surface area contributed by atoms with Gasteiger partial charge >= 0.3 is 0 Å². The molecule has 0 N–H and O–H groups in total. The first-order chi connectivity index (χ1) is 8.05. The van der Waals surface area contributed by atoms with Gasteiger partial charge in [-0.1, -0.05) is 13.8 Å². The average molecular weight is 295 g/mol. The molecule has 1 saturated heterocycles. The van der Waals surface area contributed by atoms with Crippen molar-refractivity contribution in [3.8, 4) is 0 Å². The van der Waals surface area contributed by atoms with Gasteiger partial charge in [0, 0.05) is 31.7 Å². The minimum atomic E-state index is 0.369. The minimum absolute atomic E-state index is 0.369. The third kappa shape index (κ3) is 1.92. The van der Waals surface area contributed by atoms with Crippen molar-refractivity contribution >= 4 is 27.4 Å². The van der Waals surface area contributed by atoms with Gasteiger partial charge in [0.25, 0.3) is 0 Å². The fourth-order valence-corrected chi connectivity index (χ4v) is 2.78. The molecule has 4 nitrogen and oxygen atoms in total. The van der Waals surface area contributed by atoms with Crippen LogP contribution in [0.3, 0.4) is 0 Å². The molecule has 5 heteroatoms. The zero-order chi connectivity index (χ0) is 12.0. The Morgan fingerprint density at radius 2 is 2.24 bits per heavy atom. The fourth-order valence-electron chi connectivity index (χ4n) is 2.39. The Labute approximate surface area is 109 Å². The number of imidazole rings is 1. The molecule has 90 valence electrons. The largest absolute Gasteiger partial charge is 0.353 e. The van der Waals surface area contributed by atoms with Gasteiger partial charge in [-0.3, -0.25) is 0 Å². The zero-order valence-electron chi connectivity index (χ0n) is 10.0. The quantitative estimate of drug-likeness (QED) is 0.811. The summed E-state index contributed by atoms with van der Waals surface area (Å²) in [6.45, 7) is 6.69. The van der Waals surface area contributed by atoms with Crippen molar-refractivity contribution in [2.24, 2.45) is 5.41 Å². The van der Waals surface area contributed by atoms with E-state index in [0.717, 1.165) is 29.2 Å². The maximum atomic E-state index is 4.58. The molecule has 17 heavy (non-hydrogen) atoms. The van der Waals surface area contributed by atoms with Crippen LogP contribution in [-0.2, 0) is 0 Å². The van der Waals surface area contributed by atoms with Crippen LogP contribution in [0.2, 0.25) is 0 Å². The van der Waals surface area contributed by atoms with Gasteiger partial charge in [-0.25, -0.2) is 9.97 Å². The highest BCUT2D eigenvalue weighted by Crippen LogP contribution is 2.33. The van der Waals surface area contributed by atoms with Gasteiger partial charge in [-0.2, -0.15) is 0 Å². The molecule has 0 atom stereocenters. The lowest BCUT2D eigenvalue weighted by Crippen LogP contribution is -2.24. The van der Waals surface area contributed by atoms with Crippen molar-refractivity contribution in [2.45, 2.75) is 20.3 Å². The molecule has 0 unspecified atom stereocenters. The van der Waals surface area contributed by atoms with E-state index in [1.54, 1.807) is 0 Å². The van der Waals surface area contributed by atoms with E-state index in [-0.39, 0.29) is 0 Å². The van der Waals surface area contributed by atoms with E-state index in [1.165, 1.54) is 6.42 Å². The Balaban J connectivity index is 2.08. The third-order valence-corrected chi connectivity index (χ3v) is 3.69. The molecule has 0 radical (unpaired) electrons. The number of aromatic nitrogens is 3. The van der Waals surface area contributed by atoms with E-state index in [2.05, 4.69) is 44.6 Å². The molecule has 2 aromatic rings.